The standard InChI is InChI=1S/C27H28FN3O4/c1-18(32)29-20-11-13-21(14-12-20)31-25(33)17-24(27(31)35)30(16-15-19-7-3-2-4-8-19)26(34)22-9-5-6-10-23(22)28/h5-7,9-14,24H,2-4,8,15-17H2,1H3,(H,29,32). The topological polar surface area (TPSA) is 86.8 Å². The molecule has 2 aromatic rings. The van der Waals surface area contributed by atoms with Crippen molar-refractivity contribution in [3.05, 3.63) is 71.6 Å². The fourth-order valence-corrected chi connectivity index (χ4v) is 4.61. The summed E-state index contributed by atoms with van der Waals surface area (Å²) in [6.07, 6.45) is 6.70. The number of anilines is 2. The maximum atomic E-state index is 14.5. The molecule has 0 radical (unpaired) electrons. The van der Waals surface area contributed by atoms with Crippen molar-refractivity contribution in [1.82, 2.24) is 4.90 Å². The highest BCUT2D eigenvalue weighted by Gasteiger charge is 2.44. The van der Waals surface area contributed by atoms with E-state index in [0.717, 1.165) is 30.6 Å². The Labute approximate surface area is 203 Å². The SMILES string of the molecule is CC(=O)Nc1ccc(N2C(=O)CC(N(CCC3=CCCCC3)C(=O)c3ccccc3F)C2=O)cc1. The van der Waals surface area contributed by atoms with Gasteiger partial charge in [0, 0.05) is 19.2 Å². The van der Waals surface area contributed by atoms with Gasteiger partial charge in [0.05, 0.1) is 17.7 Å². The normalized spacial score (nSPS) is 17.8. The number of nitrogens with one attached hydrogen (secondary N) is 1. The second-order valence-corrected chi connectivity index (χ2v) is 8.85. The van der Waals surface area contributed by atoms with Crippen LogP contribution in [0.3, 0.4) is 0 Å². The Morgan fingerprint density at radius 3 is 2.49 bits per heavy atom. The van der Waals surface area contributed by atoms with E-state index < -0.39 is 29.6 Å². The lowest BCUT2D eigenvalue weighted by atomic mass is 9.96. The van der Waals surface area contributed by atoms with E-state index in [-0.39, 0.29) is 24.4 Å². The van der Waals surface area contributed by atoms with Crippen LogP contribution in [0.25, 0.3) is 0 Å². The quantitative estimate of drug-likeness (QED) is 0.472. The third kappa shape index (κ3) is 5.48. The summed E-state index contributed by atoms with van der Waals surface area (Å²) in [6.45, 7) is 1.61. The van der Waals surface area contributed by atoms with Crippen molar-refractivity contribution in [2.75, 3.05) is 16.8 Å². The summed E-state index contributed by atoms with van der Waals surface area (Å²) in [5, 5.41) is 2.64. The number of carbonyl (C=O) groups is 4. The number of rotatable bonds is 7. The molecule has 182 valence electrons. The minimum atomic E-state index is -1.02. The van der Waals surface area contributed by atoms with E-state index in [0.29, 0.717) is 17.8 Å². The van der Waals surface area contributed by atoms with E-state index in [1.54, 1.807) is 30.3 Å². The van der Waals surface area contributed by atoms with Crippen molar-refractivity contribution >= 4 is 35.0 Å². The van der Waals surface area contributed by atoms with Gasteiger partial charge < -0.3 is 10.2 Å². The highest BCUT2D eigenvalue weighted by Crippen LogP contribution is 2.29. The average Bonchev–Trinajstić information content (AvgIpc) is 3.14. The fraction of sp³-hybridized carbons (Fsp3) is 0.333. The molecular formula is C27H28FN3O4. The molecule has 4 rings (SSSR count). The van der Waals surface area contributed by atoms with E-state index in [1.165, 1.54) is 35.6 Å². The van der Waals surface area contributed by atoms with Gasteiger partial charge in [-0.15, -0.1) is 0 Å². The summed E-state index contributed by atoms with van der Waals surface area (Å²) in [4.78, 5) is 53.4. The summed E-state index contributed by atoms with van der Waals surface area (Å²) < 4.78 is 14.5. The van der Waals surface area contributed by atoms with Crippen LogP contribution in [0.15, 0.2) is 60.2 Å². The van der Waals surface area contributed by atoms with Crippen LogP contribution in [0.4, 0.5) is 15.8 Å². The van der Waals surface area contributed by atoms with Gasteiger partial charge in [-0.05, 0) is 68.5 Å². The molecular weight excluding hydrogens is 449 g/mol. The Morgan fingerprint density at radius 1 is 1.09 bits per heavy atom. The molecule has 1 atom stereocenters. The van der Waals surface area contributed by atoms with Crippen molar-refractivity contribution in [2.45, 2.75) is 51.5 Å². The van der Waals surface area contributed by atoms with Gasteiger partial charge in [-0.2, -0.15) is 0 Å². The monoisotopic (exact) mass is 477 g/mol. The molecule has 1 heterocycles. The first-order valence-corrected chi connectivity index (χ1v) is 11.8. The van der Waals surface area contributed by atoms with Crippen molar-refractivity contribution in [1.29, 1.82) is 0 Å². The summed E-state index contributed by atoms with van der Waals surface area (Å²) in [7, 11) is 0. The molecule has 2 aromatic carbocycles. The second-order valence-electron chi connectivity index (χ2n) is 8.85. The summed E-state index contributed by atoms with van der Waals surface area (Å²) in [5.74, 6) is -2.46. The molecule has 0 aromatic heterocycles. The van der Waals surface area contributed by atoms with E-state index in [4.69, 9.17) is 0 Å². The smallest absolute Gasteiger partial charge is 0.257 e. The fourth-order valence-electron chi connectivity index (χ4n) is 4.61. The van der Waals surface area contributed by atoms with Crippen LogP contribution in [0.1, 0.15) is 55.8 Å². The zero-order valence-corrected chi connectivity index (χ0v) is 19.6. The molecule has 0 spiro atoms. The summed E-state index contributed by atoms with van der Waals surface area (Å²) in [6, 6.07) is 11.0. The van der Waals surface area contributed by atoms with E-state index in [2.05, 4.69) is 11.4 Å². The van der Waals surface area contributed by atoms with Crippen LogP contribution >= 0.6 is 0 Å². The van der Waals surface area contributed by atoms with E-state index >= 15 is 0 Å². The Balaban J connectivity index is 1.59. The number of hydrogen-bond donors (Lipinski definition) is 1. The maximum absolute atomic E-state index is 14.5. The molecule has 4 amide bonds. The zero-order valence-electron chi connectivity index (χ0n) is 19.6. The molecule has 7 nitrogen and oxygen atoms in total. The number of benzene rings is 2. The van der Waals surface area contributed by atoms with Crippen LogP contribution in [0.2, 0.25) is 0 Å². The van der Waals surface area contributed by atoms with Crippen molar-refractivity contribution < 1.29 is 23.6 Å². The zero-order chi connectivity index (χ0) is 24.9. The molecule has 1 unspecified atom stereocenters. The number of allylic oxidation sites excluding steroid dienone is 1. The number of carbonyl (C=O) groups excluding carboxylic acids is 4. The molecule has 1 fully saturated rings. The molecule has 0 bridgehead atoms. The van der Waals surface area contributed by atoms with E-state index in [9.17, 15) is 23.6 Å². The summed E-state index contributed by atoms with van der Waals surface area (Å²) >= 11 is 0. The predicted octanol–water partition coefficient (Wildman–Crippen LogP) is 4.45. The van der Waals surface area contributed by atoms with Crippen LogP contribution in [-0.4, -0.2) is 41.1 Å². The molecule has 1 saturated heterocycles. The first kappa shape index (κ1) is 24.3. The number of imide groups is 1. The molecule has 0 saturated carbocycles. The van der Waals surface area contributed by atoms with Crippen molar-refractivity contribution in [3.8, 4) is 0 Å². The van der Waals surface area contributed by atoms with Gasteiger partial charge in [-0.25, -0.2) is 9.29 Å². The average molecular weight is 478 g/mol. The molecule has 8 heteroatoms. The van der Waals surface area contributed by atoms with Crippen molar-refractivity contribution in [2.24, 2.45) is 0 Å². The third-order valence-electron chi connectivity index (χ3n) is 6.37. The van der Waals surface area contributed by atoms with Crippen molar-refractivity contribution in [3.63, 3.8) is 0 Å². The van der Waals surface area contributed by atoms with Crippen LogP contribution < -0.4 is 10.2 Å². The maximum Gasteiger partial charge on any atom is 0.257 e. The Kier molecular flexibility index (Phi) is 7.39. The third-order valence-corrected chi connectivity index (χ3v) is 6.37. The Morgan fingerprint density at radius 2 is 1.83 bits per heavy atom. The minimum Gasteiger partial charge on any atom is -0.326 e. The van der Waals surface area contributed by atoms with Gasteiger partial charge in [0.25, 0.3) is 11.8 Å². The van der Waals surface area contributed by atoms with Gasteiger partial charge in [0.2, 0.25) is 11.8 Å². The lowest BCUT2D eigenvalue weighted by molar-refractivity contribution is -0.122. The Hall–Kier alpha value is -3.81. The number of amides is 4. The van der Waals surface area contributed by atoms with Crippen LogP contribution in [0, 0.1) is 5.82 Å². The molecule has 1 aliphatic carbocycles. The predicted molar refractivity (Wildman–Crippen MR) is 130 cm³/mol. The Bertz CT molecular complexity index is 1180. The van der Waals surface area contributed by atoms with Crippen LogP contribution in [0.5, 0.6) is 0 Å². The van der Waals surface area contributed by atoms with Crippen LogP contribution in [-0.2, 0) is 14.4 Å². The number of nitrogens with zero attached hydrogens (tertiary/aromatic N) is 2. The molecule has 1 N–H and O–H groups in total. The second kappa shape index (κ2) is 10.6. The highest BCUT2D eigenvalue weighted by molar-refractivity contribution is 6.23. The largest absolute Gasteiger partial charge is 0.326 e. The molecule has 1 aliphatic heterocycles. The lowest BCUT2D eigenvalue weighted by Crippen LogP contribution is -2.46. The van der Waals surface area contributed by atoms with Gasteiger partial charge in [-0.1, -0.05) is 23.8 Å². The lowest BCUT2D eigenvalue weighted by Gasteiger charge is -2.29. The van der Waals surface area contributed by atoms with Gasteiger partial charge in [0.1, 0.15) is 11.9 Å². The van der Waals surface area contributed by atoms with Gasteiger partial charge in [0.15, 0.2) is 0 Å². The first-order chi connectivity index (χ1) is 16.8. The molecule has 35 heavy (non-hydrogen) atoms. The molecule has 2 aliphatic rings. The van der Waals surface area contributed by atoms with Gasteiger partial charge in [-0.3, -0.25) is 19.2 Å². The van der Waals surface area contributed by atoms with E-state index in [1.807, 2.05) is 0 Å². The highest BCUT2D eigenvalue weighted by atomic mass is 19.1. The summed E-state index contributed by atoms with van der Waals surface area (Å²) in [5.41, 5.74) is 1.98. The number of halogens is 1. The minimum absolute atomic E-state index is 0.122. The first-order valence-electron chi connectivity index (χ1n) is 11.8. The number of hydrogen-bond acceptors (Lipinski definition) is 4. The van der Waals surface area contributed by atoms with Gasteiger partial charge >= 0.3 is 0 Å².